The smallest absolute Gasteiger partial charge is 0.271 e. The van der Waals surface area contributed by atoms with E-state index in [1.54, 1.807) is 6.92 Å². The van der Waals surface area contributed by atoms with Gasteiger partial charge >= 0.3 is 0 Å². The van der Waals surface area contributed by atoms with Crippen molar-refractivity contribution in [3.8, 4) is 5.75 Å². The Kier molecular flexibility index (Phi) is 5.64. The summed E-state index contributed by atoms with van der Waals surface area (Å²) in [5.41, 5.74) is 0.144. The van der Waals surface area contributed by atoms with Crippen LogP contribution in [0.4, 0.5) is 11.4 Å². The van der Waals surface area contributed by atoms with Gasteiger partial charge in [-0.2, -0.15) is 0 Å². The van der Waals surface area contributed by atoms with Gasteiger partial charge in [0.1, 0.15) is 11.6 Å². The minimum absolute atomic E-state index is 0.119. The van der Waals surface area contributed by atoms with E-state index in [4.69, 9.17) is 4.74 Å². The Morgan fingerprint density at radius 2 is 2.22 bits per heavy atom. The topological polar surface area (TPSA) is 112 Å². The molecule has 2 aromatic rings. The van der Waals surface area contributed by atoms with Crippen LogP contribution in [0, 0.1) is 10.1 Å². The van der Waals surface area contributed by atoms with E-state index >= 15 is 0 Å². The van der Waals surface area contributed by atoms with Crippen LogP contribution < -0.4 is 10.1 Å². The number of hydrogen-bond acceptors (Lipinski definition) is 7. The number of nitro groups is 1. The summed E-state index contributed by atoms with van der Waals surface area (Å²) in [7, 11) is 1.44. The zero-order chi connectivity index (χ0) is 19.6. The zero-order valence-corrected chi connectivity index (χ0v) is 16.2. The monoisotopic (exact) mass is 391 g/mol. The van der Waals surface area contributed by atoms with Crippen LogP contribution in [-0.2, 0) is 11.3 Å². The van der Waals surface area contributed by atoms with Gasteiger partial charge in [0.15, 0.2) is 5.16 Å². The van der Waals surface area contributed by atoms with Crippen molar-refractivity contribution in [3.05, 3.63) is 34.1 Å². The first kappa shape index (κ1) is 19.2. The third kappa shape index (κ3) is 4.21. The lowest BCUT2D eigenvalue weighted by atomic mass is 10.2. The molecule has 1 amide bonds. The van der Waals surface area contributed by atoms with Gasteiger partial charge in [-0.15, -0.1) is 10.2 Å². The number of carbonyl (C=O) groups excluding carboxylic acids is 1. The number of carbonyl (C=O) groups is 1. The van der Waals surface area contributed by atoms with Gasteiger partial charge in [-0.25, -0.2) is 0 Å². The van der Waals surface area contributed by atoms with Crippen molar-refractivity contribution < 1.29 is 14.5 Å². The summed E-state index contributed by atoms with van der Waals surface area (Å²) in [5, 5.41) is 22.4. The lowest BCUT2D eigenvalue weighted by molar-refractivity contribution is -0.384. The largest absolute Gasteiger partial charge is 0.495 e. The molecule has 10 heteroatoms. The third-order valence-electron chi connectivity index (χ3n) is 4.31. The highest BCUT2D eigenvalue weighted by atomic mass is 32.2. The van der Waals surface area contributed by atoms with E-state index in [2.05, 4.69) is 15.5 Å². The van der Waals surface area contributed by atoms with Crippen molar-refractivity contribution in [2.24, 2.45) is 0 Å². The van der Waals surface area contributed by atoms with Crippen molar-refractivity contribution in [1.82, 2.24) is 14.8 Å². The Hall–Kier alpha value is -2.62. The molecule has 0 unspecified atom stereocenters. The van der Waals surface area contributed by atoms with Crippen LogP contribution in [0.15, 0.2) is 23.4 Å². The second-order valence-corrected chi connectivity index (χ2v) is 7.56. The van der Waals surface area contributed by atoms with Gasteiger partial charge in [0.2, 0.25) is 5.91 Å². The summed E-state index contributed by atoms with van der Waals surface area (Å²) in [4.78, 5) is 23.1. The fourth-order valence-electron chi connectivity index (χ4n) is 2.68. The molecule has 0 bridgehead atoms. The molecule has 1 atom stereocenters. The number of anilines is 1. The number of hydrogen-bond donors (Lipinski definition) is 1. The predicted molar refractivity (Wildman–Crippen MR) is 101 cm³/mol. The van der Waals surface area contributed by atoms with Crippen molar-refractivity contribution in [3.63, 3.8) is 0 Å². The standard InChI is InChI=1S/C17H21N5O4S/c1-4-21-15(11-5-6-11)19-20-17(21)27-10(2)16(23)18-13-9-12(22(24)25)7-8-14(13)26-3/h7-11H,4-6H2,1-3H3,(H,18,23)/t10-/m1/s1. The van der Waals surface area contributed by atoms with E-state index in [0.29, 0.717) is 16.8 Å². The summed E-state index contributed by atoms with van der Waals surface area (Å²) >= 11 is 1.31. The normalized spacial score (nSPS) is 14.6. The number of non-ortho nitro benzene ring substituents is 1. The Morgan fingerprint density at radius 1 is 1.48 bits per heavy atom. The van der Waals surface area contributed by atoms with Crippen LogP contribution in [0.25, 0.3) is 0 Å². The maximum absolute atomic E-state index is 12.6. The number of aromatic nitrogens is 3. The SMILES string of the molecule is CCn1c(S[C@H](C)C(=O)Nc2cc([N+](=O)[O-])ccc2OC)nnc1C1CC1. The molecule has 1 N–H and O–H groups in total. The van der Waals surface area contributed by atoms with E-state index in [1.807, 2.05) is 11.5 Å². The van der Waals surface area contributed by atoms with Crippen molar-refractivity contribution in [2.75, 3.05) is 12.4 Å². The molecule has 1 aromatic carbocycles. The van der Waals surface area contributed by atoms with Gasteiger partial charge in [0.05, 0.1) is 23.0 Å². The van der Waals surface area contributed by atoms with Crippen LogP contribution in [0.2, 0.25) is 0 Å². The van der Waals surface area contributed by atoms with Crippen molar-refractivity contribution in [2.45, 2.75) is 49.6 Å². The Morgan fingerprint density at radius 3 is 2.81 bits per heavy atom. The molecule has 1 aliphatic rings. The number of benzene rings is 1. The van der Waals surface area contributed by atoms with Gasteiger partial charge in [0.25, 0.3) is 5.69 Å². The molecule has 3 rings (SSSR count). The Labute approximate surface area is 160 Å². The number of nitrogens with one attached hydrogen (secondary N) is 1. The van der Waals surface area contributed by atoms with Gasteiger partial charge < -0.3 is 14.6 Å². The first-order valence-corrected chi connectivity index (χ1v) is 9.55. The highest BCUT2D eigenvalue weighted by molar-refractivity contribution is 8.00. The number of amides is 1. The zero-order valence-electron chi connectivity index (χ0n) is 15.3. The molecule has 27 heavy (non-hydrogen) atoms. The van der Waals surface area contributed by atoms with E-state index < -0.39 is 10.2 Å². The molecule has 0 radical (unpaired) electrons. The van der Waals surface area contributed by atoms with Crippen LogP contribution >= 0.6 is 11.8 Å². The van der Waals surface area contributed by atoms with Crippen LogP contribution in [-0.4, -0.2) is 38.0 Å². The molecule has 1 saturated carbocycles. The number of thioether (sulfide) groups is 1. The maximum Gasteiger partial charge on any atom is 0.271 e. The van der Waals surface area contributed by atoms with Crippen LogP contribution in [0.3, 0.4) is 0 Å². The van der Waals surface area contributed by atoms with Gasteiger partial charge in [-0.05, 0) is 32.8 Å². The van der Waals surface area contributed by atoms with Crippen LogP contribution in [0.5, 0.6) is 5.75 Å². The summed E-state index contributed by atoms with van der Waals surface area (Å²) in [6.45, 7) is 4.53. The predicted octanol–water partition coefficient (Wildman–Crippen LogP) is 3.21. The highest BCUT2D eigenvalue weighted by Gasteiger charge is 2.31. The maximum atomic E-state index is 12.6. The van der Waals surface area contributed by atoms with E-state index in [9.17, 15) is 14.9 Å². The Bertz CT molecular complexity index is 865. The van der Waals surface area contributed by atoms with E-state index in [1.165, 1.54) is 37.1 Å². The summed E-state index contributed by atoms with van der Waals surface area (Å²) in [5.74, 6) is 1.52. The lowest BCUT2D eigenvalue weighted by Crippen LogP contribution is -2.23. The van der Waals surface area contributed by atoms with Gasteiger partial charge in [0, 0.05) is 24.6 Å². The number of methoxy groups -OCH3 is 1. The first-order valence-electron chi connectivity index (χ1n) is 8.67. The molecule has 1 fully saturated rings. The number of nitro benzene ring substituents is 1. The highest BCUT2D eigenvalue weighted by Crippen LogP contribution is 2.40. The molecule has 1 aliphatic carbocycles. The minimum Gasteiger partial charge on any atom is -0.495 e. The van der Waals surface area contributed by atoms with Gasteiger partial charge in [-0.1, -0.05) is 11.8 Å². The fourth-order valence-corrected chi connectivity index (χ4v) is 3.60. The second kappa shape index (κ2) is 7.95. The molecule has 9 nitrogen and oxygen atoms in total. The van der Waals surface area contributed by atoms with E-state index in [-0.39, 0.29) is 17.3 Å². The summed E-state index contributed by atoms with van der Waals surface area (Å²) < 4.78 is 7.22. The average Bonchev–Trinajstić information content (AvgIpc) is 3.42. The summed E-state index contributed by atoms with van der Waals surface area (Å²) in [6.07, 6.45) is 2.26. The molecule has 0 saturated heterocycles. The second-order valence-electron chi connectivity index (χ2n) is 6.25. The van der Waals surface area contributed by atoms with Crippen molar-refractivity contribution in [1.29, 1.82) is 0 Å². The van der Waals surface area contributed by atoms with E-state index in [0.717, 1.165) is 25.2 Å². The summed E-state index contributed by atoms with van der Waals surface area (Å²) in [6, 6.07) is 4.07. The Balaban J connectivity index is 1.73. The fraction of sp³-hybridized carbons (Fsp3) is 0.471. The number of nitrogens with zero attached hydrogens (tertiary/aromatic N) is 4. The van der Waals surface area contributed by atoms with Gasteiger partial charge in [-0.3, -0.25) is 14.9 Å². The molecule has 1 aromatic heterocycles. The minimum atomic E-state index is -0.517. The van der Waals surface area contributed by atoms with Crippen molar-refractivity contribution >= 4 is 29.0 Å². The first-order chi connectivity index (χ1) is 12.9. The quantitative estimate of drug-likeness (QED) is 0.418. The van der Waals surface area contributed by atoms with Crippen LogP contribution in [0.1, 0.15) is 38.4 Å². The lowest BCUT2D eigenvalue weighted by Gasteiger charge is -2.14. The molecule has 0 spiro atoms. The molecular weight excluding hydrogens is 370 g/mol. The third-order valence-corrected chi connectivity index (χ3v) is 5.39. The average molecular weight is 391 g/mol. The molecule has 0 aliphatic heterocycles. The molecule has 1 heterocycles. The molecule has 144 valence electrons. The molecular formula is C17H21N5O4S. The number of ether oxygens (including phenoxy) is 1. The number of rotatable bonds is 8.